The molecular weight excluding hydrogens is 308 g/mol. The lowest BCUT2D eigenvalue weighted by Gasteiger charge is -1.99. The molecule has 8 nitrogen and oxygen atoms in total. The third-order valence-corrected chi connectivity index (χ3v) is 3.61. The molecule has 0 saturated heterocycles. The molecule has 0 aliphatic rings. The topological polar surface area (TPSA) is 111 Å². The van der Waals surface area contributed by atoms with Gasteiger partial charge in [0, 0.05) is 23.9 Å². The number of hydrogen-bond donors (Lipinski definition) is 2. The number of nitrogens with zero attached hydrogens (tertiary/aromatic N) is 4. The lowest BCUT2D eigenvalue weighted by molar-refractivity contribution is 0.0509. The van der Waals surface area contributed by atoms with Gasteiger partial charge in [-0.25, -0.2) is 4.79 Å². The number of aromatic amines is 1. The van der Waals surface area contributed by atoms with Crippen LogP contribution in [0.3, 0.4) is 0 Å². The van der Waals surface area contributed by atoms with Crippen molar-refractivity contribution in [2.75, 3.05) is 0 Å². The molecule has 3 rings (SSSR count). The molecule has 0 radical (unpaired) electrons. The van der Waals surface area contributed by atoms with Crippen LogP contribution in [0.4, 0.5) is 0 Å². The zero-order chi connectivity index (χ0) is 17.1. The predicted molar refractivity (Wildman–Crippen MR) is 88.1 cm³/mol. The summed E-state index contributed by atoms with van der Waals surface area (Å²) in [5.41, 5.74) is 9.00. The number of carbonyl (C=O) groups is 1. The molecule has 2 aromatic heterocycles. The molecule has 1 aromatic carbocycles. The van der Waals surface area contributed by atoms with Gasteiger partial charge in [0.1, 0.15) is 5.69 Å². The molecule has 0 spiro atoms. The number of nitrogens with two attached hydrogens (primary N) is 1. The number of H-pyrrole nitrogens is 1. The van der Waals surface area contributed by atoms with E-state index >= 15 is 0 Å². The van der Waals surface area contributed by atoms with Crippen LogP contribution in [0.1, 0.15) is 21.7 Å². The second-order valence-corrected chi connectivity index (χ2v) is 5.16. The Balaban J connectivity index is 1.74. The molecule has 3 aromatic rings. The smallest absolute Gasteiger partial charge is 0.380 e. The summed E-state index contributed by atoms with van der Waals surface area (Å²) in [6, 6.07) is 10.6. The molecule has 0 atom stereocenters. The standard InChI is InChI=1S/C16H16N6O2/c1-10-12(9-18-22(10)2)13-8-14(20-19-13)16(23)24-21-15(17)11-6-4-3-5-7-11/h3-9H,1-2H3,(H2,17,21)(H,19,20). The number of carbonyl (C=O) groups excluding carboxylic acids is 1. The predicted octanol–water partition coefficient (Wildman–Crippen LogP) is 1.60. The molecule has 24 heavy (non-hydrogen) atoms. The van der Waals surface area contributed by atoms with Crippen LogP contribution in [0.5, 0.6) is 0 Å². The van der Waals surface area contributed by atoms with Crippen molar-refractivity contribution in [3.05, 3.63) is 59.5 Å². The first-order valence-electron chi connectivity index (χ1n) is 7.21. The van der Waals surface area contributed by atoms with E-state index in [9.17, 15) is 4.79 Å². The van der Waals surface area contributed by atoms with Crippen molar-refractivity contribution in [3.63, 3.8) is 0 Å². The van der Waals surface area contributed by atoms with E-state index in [1.54, 1.807) is 29.1 Å². The van der Waals surface area contributed by atoms with Crippen molar-refractivity contribution in [1.82, 2.24) is 20.0 Å². The summed E-state index contributed by atoms with van der Waals surface area (Å²) < 4.78 is 1.73. The van der Waals surface area contributed by atoms with E-state index in [0.717, 1.165) is 11.3 Å². The highest BCUT2D eigenvalue weighted by molar-refractivity contribution is 5.98. The second-order valence-electron chi connectivity index (χ2n) is 5.16. The number of aromatic nitrogens is 4. The van der Waals surface area contributed by atoms with Crippen LogP contribution >= 0.6 is 0 Å². The SMILES string of the molecule is Cc1c(-c2cc(C(=O)O/N=C(\N)c3ccccc3)[nH]n2)cnn1C. The van der Waals surface area contributed by atoms with Gasteiger partial charge in [-0.1, -0.05) is 35.5 Å². The first kappa shape index (κ1) is 15.5. The van der Waals surface area contributed by atoms with E-state index in [1.807, 2.05) is 32.2 Å². The van der Waals surface area contributed by atoms with Gasteiger partial charge in [-0.2, -0.15) is 10.2 Å². The minimum Gasteiger partial charge on any atom is -0.380 e. The van der Waals surface area contributed by atoms with Crippen molar-refractivity contribution in [1.29, 1.82) is 0 Å². The molecule has 0 aliphatic carbocycles. The maximum absolute atomic E-state index is 12.0. The van der Waals surface area contributed by atoms with Crippen LogP contribution in [-0.2, 0) is 11.9 Å². The molecule has 122 valence electrons. The fourth-order valence-corrected chi connectivity index (χ4v) is 2.12. The minimum atomic E-state index is -0.672. The number of rotatable bonds is 4. The third kappa shape index (κ3) is 3.02. The van der Waals surface area contributed by atoms with E-state index < -0.39 is 5.97 Å². The van der Waals surface area contributed by atoms with Gasteiger partial charge in [-0.3, -0.25) is 9.78 Å². The Hall–Kier alpha value is -3.42. The zero-order valence-corrected chi connectivity index (χ0v) is 13.2. The number of hydrogen-bond acceptors (Lipinski definition) is 5. The summed E-state index contributed by atoms with van der Waals surface area (Å²) >= 11 is 0. The first-order chi connectivity index (χ1) is 11.6. The molecule has 0 fully saturated rings. The summed E-state index contributed by atoms with van der Waals surface area (Å²) in [6.07, 6.45) is 1.69. The van der Waals surface area contributed by atoms with E-state index in [-0.39, 0.29) is 11.5 Å². The van der Waals surface area contributed by atoms with Gasteiger partial charge < -0.3 is 10.6 Å². The maximum Gasteiger partial charge on any atom is 0.383 e. The fraction of sp³-hybridized carbons (Fsp3) is 0.125. The molecule has 0 bridgehead atoms. The molecule has 0 saturated carbocycles. The molecule has 8 heteroatoms. The van der Waals surface area contributed by atoms with Crippen molar-refractivity contribution in [2.45, 2.75) is 6.92 Å². The molecular formula is C16H16N6O2. The van der Waals surface area contributed by atoms with Gasteiger partial charge in [-0.05, 0) is 13.0 Å². The quantitative estimate of drug-likeness (QED) is 0.328. The number of oxime groups is 1. The Morgan fingerprint density at radius 3 is 2.75 bits per heavy atom. The lowest BCUT2D eigenvalue weighted by Crippen LogP contribution is -2.15. The van der Waals surface area contributed by atoms with E-state index in [1.165, 1.54) is 0 Å². The highest BCUT2D eigenvalue weighted by Gasteiger charge is 2.15. The molecule has 0 amide bonds. The highest BCUT2D eigenvalue weighted by Crippen LogP contribution is 2.21. The van der Waals surface area contributed by atoms with E-state index in [0.29, 0.717) is 11.3 Å². The van der Waals surface area contributed by atoms with Gasteiger partial charge in [-0.15, -0.1) is 0 Å². The fourth-order valence-electron chi connectivity index (χ4n) is 2.12. The van der Waals surface area contributed by atoms with Crippen LogP contribution in [0.2, 0.25) is 0 Å². The van der Waals surface area contributed by atoms with Gasteiger partial charge in [0.05, 0.1) is 11.9 Å². The minimum absolute atomic E-state index is 0.117. The van der Waals surface area contributed by atoms with Gasteiger partial charge >= 0.3 is 5.97 Å². The van der Waals surface area contributed by atoms with Crippen LogP contribution in [0.25, 0.3) is 11.3 Å². The third-order valence-electron chi connectivity index (χ3n) is 3.61. The van der Waals surface area contributed by atoms with Crippen LogP contribution in [0.15, 0.2) is 47.8 Å². The maximum atomic E-state index is 12.0. The van der Waals surface area contributed by atoms with Crippen molar-refractivity contribution < 1.29 is 9.63 Å². The summed E-state index contributed by atoms with van der Waals surface area (Å²) in [6.45, 7) is 1.92. The Morgan fingerprint density at radius 2 is 2.08 bits per heavy atom. The molecule has 0 aliphatic heterocycles. The molecule has 3 N–H and O–H groups in total. The number of aryl methyl sites for hydroxylation is 1. The van der Waals surface area contributed by atoms with Gasteiger partial charge in [0.25, 0.3) is 0 Å². The Kier molecular flexibility index (Phi) is 4.11. The summed E-state index contributed by atoms with van der Waals surface area (Å²) in [4.78, 5) is 16.9. The van der Waals surface area contributed by atoms with Crippen LogP contribution < -0.4 is 5.73 Å². The van der Waals surface area contributed by atoms with Gasteiger partial charge in [0.2, 0.25) is 0 Å². The number of benzene rings is 1. The summed E-state index contributed by atoms with van der Waals surface area (Å²) in [5, 5.41) is 14.5. The highest BCUT2D eigenvalue weighted by atomic mass is 16.7. The zero-order valence-electron chi connectivity index (χ0n) is 13.2. The Labute approximate surface area is 137 Å². The van der Waals surface area contributed by atoms with Crippen LogP contribution in [-0.4, -0.2) is 31.8 Å². The monoisotopic (exact) mass is 324 g/mol. The Morgan fingerprint density at radius 1 is 1.33 bits per heavy atom. The number of nitrogens with one attached hydrogen (secondary N) is 1. The Bertz CT molecular complexity index is 894. The average molecular weight is 324 g/mol. The summed E-state index contributed by atoms with van der Waals surface area (Å²) in [7, 11) is 1.84. The average Bonchev–Trinajstić information content (AvgIpc) is 3.21. The molecule has 2 heterocycles. The van der Waals surface area contributed by atoms with Crippen LogP contribution in [0, 0.1) is 6.92 Å². The van der Waals surface area contributed by atoms with Gasteiger partial charge in [0.15, 0.2) is 5.84 Å². The first-order valence-corrected chi connectivity index (χ1v) is 7.21. The second kappa shape index (κ2) is 6.37. The summed E-state index contributed by atoms with van der Waals surface area (Å²) in [5.74, 6) is -0.555. The normalized spacial score (nSPS) is 11.5. The van der Waals surface area contributed by atoms with E-state index in [2.05, 4.69) is 20.5 Å². The number of amidine groups is 1. The van der Waals surface area contributed by atoms with Crippen molar-refractivity contribution in [3.8, 4) is 11.3 Å². The molecule has 0 unspecified atom stereocenters. The lowest BCUT2D eigenvalue weighted by atomic mass is 10.2. The van der Waals surface area contributed by atoms with Crippen molar-refractivity contribution >= 4 is 11.8 Å². The van der Waals surface area contributed by atoms with E-state index in [4.69, 9.17) is 10.6 Å². The largest absolute Gasteiger partial charge is 0.383 e. The van der Waals surface area contributed by atoms with Crippen molar-refractivity contribution in [2.24, 2.45) is 17.9 Å².